The molecule has 1 heterocycles. The van der Waals surface area contributed by atoms with Gasteiger partial charge in [-0.15, -0.1) is 0 Å². The average molecular weight is 306 g/mol. The first-order valence-electron chi connectivity index (χ1n) is 8.03. The lowest BCUT2D eigenvalue weighted by molar-refractivity contribution is 0.135. The molecule has 1 fully saturated rings. The number of nitrogens with zero attached hydrogens (tertiary/aromatic N) is 1. The van der Waals surface area contributed by atoms with E-state index in [-0.39, 0.29) is 12.1 Å². The normalized spacial score (nSPS) is 16.8. The molecule has 2 rings (SSSR count). The van der Waals surface area contributed by atoms with Crippen molar-refractivity contribution in [1.29, 1.82) is 0 Å². The molecule has 0 saturated carbocycles. The number of hydrogen-bond acceptors (Lipinski definition) is 4. The Balaban J connectivity index is 2.10. The van der Waals surface area contributed by atoms with Gasteiger partial charge in [0.1, 0.15) is 5.75 Å². The minimum atomic E-state index is -0.354. The largest absolute Gasteiger partial charge is 0.497 e. The Morgan fingerprint density at radius 3 is 2.77 bits per heavy atom. The number of likely N-dealkylation sites (tertiary alicyclic amines) is 1. The maximum Gasteiger partial charge on any atom is 0.407 e. The molecular formula is C17H26N2O3. The lowest BCUT2D eigenvalue weighted by Gasteiger charge is -2.35. The highest BCUT2D eigenvalue weighted by Crippen LogP contribution is 2.26. The number of carbonyl (C=O) groups excluding carboxylic acids is 1. The van der Waals surface area contributed by atoms with Crippen LogP contribution in [-0.4, -0.2) is 44.3 Å². The number of ether oxygens (including phenoxy) is 2. The van der Waals surface area contributed by atoms with E-state index >= 15 is 0 Å². The highest BCUT2D eigenvalue weighted by molar-refractivity contribution is 5.67. The third-order valence-corrected chi connectivity index (χ3v) is 4.03. The molecule has 1 aliphatic heterocycles. The molecule has 5 nitrogen and oxygen atoms in total. The molecule has 0 aliphatic carbocycles. The predicted molar refractivity (Wildman–Crippen MR) is 86.2 cm³/mol. The van der Waals surface area contributed by atoms with Crippen molar-refractivity contribution in [2.45, 2.75) is 32.2 Å². The zero-order valence-corrected chi connectivity index (χ0v) is 13.5. The Bertz CT molecular complexity index is 473. The molecule has 1 aromatic carbocycles. The lowest BCUT2D eigenvalue weighted by Crippen LogP contribution is -2.40. The molecule has 5 heteroatoms. The van der Waals surface area contributed by atoms with Crippen LogP contribution in [0.4, 0.5) is 4.79 Å². The van der Waals surface area contributed by atoms with Crippen LogP contribution < -0.4 is 10.1 Å². The van der Waals surface area contributed by atoms with Gasteiger partial charge in [0.15, 0.2) is 0 Å². The molecule has 122 valence electrons. The van der Waals surface area contributed by atoms with Gasteiger partial charge in [-0.1, -0.05) is 18.6 Å². The van der Waals surface area contributed by atoms with Gasteiger partial charge in [0, 0.05) is 6.54 Å². The van der Waals surface area contributed by atoms with Gasteiger partial charge in [0.05, 0.1) is 19.8 Å². The molecule has 0 bridgehead atoms. The first-order valence-corrected chi connectivity index (χ1v) is 8.03. The SMILES string of the molecule is CCOC(=O)NCC(c1cccc(OC)c1)N1CCCCC1. The maximum absolute atomic E-state index is 11.6. The fourth-order valence-electron chi connectivity index (χ4n) is 2.90. The molecule has 1 saturated heterocycles. The number of alkyl carbamates (subject to hydrolysis) is 1. The second-order valence-corrected chi connectivity index (χ2v) is 5.49. The van der Waals surface area contributed by atoms with Crippen molar-refractivity contribution < 1.29 is 14.3 Å². The van der Waals surface area contributed by atoms with Crippen molar-refractivity contribution in [3.8, 4) is 5.75 Å². The fourth-order valence-corrected chi connectivity index (χ4v) is 2.90. The molecular weight excluding hydrogens is 280 g/mol. The number of rotatable bonds is 6. The van der Waals surface area contributed by atoms with E-state index in [1.54, 1.807) is 7.11 Å². The van der Waals surface area contributed by atoms with Gasteiger partial charge in [0.25, 0.3) is 0 Å². The summed E-state index contributed by atoms with van der Waals surface area (Å²) >= 11 is 0. The van der Waals surface area contributed by atoms with Gasteiger partial charge in [0.2, 0.25) is 0 Å². The summed E-state index contributed by atoms with van der Waals surface area (Å²) in [5.74, 6) is 0.843. The van der Waals surface area contributed by atoms with E-state index in [0.29, 0.717) is 13.2 Å². The van der Waals surface area contributed by atoms with Crippen molar-refractivity contribution in [2.75, 3.05) is 33.4 Å². The number of carbonyl (C=O) groups is 1. The summed E-state index contributed by atoms with van der Waals surface area (Å²) in [6, 6.07) is 8.23. The number of nitrogens with one attached hydrogen (secondary N) is 1. The number of amides is 1. The van der Waals surface area contributed by atoms with Crippen molar-refractivity contribution in [3.05, 3.63) is 29.8 Å². The smallest absolute Gasteiger partial charge is 0.407 e. The summed E-state index contributed by atoms with van der Waals surface area (Å²) < 4.78 is 10.3. The summed E-state index contributed by atoms with van der Waals surface area (Å²) in [6.45, 7) is 4.87. The minimum Gasteiger partial charge on any atom is -0.497 e. The van der Waals surface area contributed by atoms with E-state index < -0.39 is 0 Å². The van der Waals surface area contributed by atoms with E-state index in [4.69, 9.17) is 9.47 Å². The first kappa shape index (κ1) is 16.6. The van der Waals surface area contributed by atoms with Crippen LogP contribution in [0.15, 0.2) is 24.3 Å². The number of benzene rings is 1. The second kappa shape index (κ2) is 8.63. The van der Waals surface area contributed by atoms with Crippen LogP contribution in [0.2, 0.25) is 0 Å². The summed E-state index contributed by atoms with van der Waals surface area (Å²) in [6.07, 6.45) is 3.35. The van der Waals surface area contributed by atoms with Crippen molar-refractivity contribution in [1.82, 2.24) is 10.2 Å². The van der Waals surface area contributed by atoms with Crippen LogP contribution >= 0.6 is 0 Å². The minimum absolute atomic E-state index is 0.153. The molecule has 0 aromatic heterocycles. The zero-order valence-electron chi connectivity index (χ0n) is 13.5. The monoisotopic (exact) mass is 306 g/mol. The fraction of sp³-hybridized carbons (Fsp3) is 0.588. The zero-order chi connectivity index (χ0) is 15.8. The van der Waals surface area contributed by atoms with Crippen LogP contribution in [0.1, 0.15) is 37.8 Å². The molecule has 1 aromatic rings. The molecule has 0 radical (unpaired) electrons. The molecule has 1 atom stereocenters. The summed E-state index contributed by atoms with van der Waals surface area (Å²) in [5, 5.41) is 2.87. The predicted octanol–water partition coefficient (Wildman–Crippen LogP) is 2.97. The average Bonchev–Trinajstić information content (AvgIpc) is 2.56. The second-order valence-electron chi connectivity index (χ2n) is 5.49. The topological polar surface area (TPSA) is 50.8 Å². The Hall–Kier alpha value is -1.75. The highest BCUT2D eigenvalue weighted by atomic mass is 16.5. The Morgan fingerprint density at radius 1 is 1.32 bits per heavy atom. The van der Waals surface area contributed by atoms with Gasteiger partial charge < -0.3 is 14.8 Å². The molecule has 1 N–H and O–H groups in total. The van der Waals surface area contributed by atoms with Crippen LogP contribution in [0, 0.1) is 0 Å². The van der Waals surface area contributed by atoms with Crippen molar-refractivity contribution >= 4 is 6.09 Å². The summed E-state index contributed by atoms with van der Waals surface area (Å²) in [5.41, 5.74) is 1.16. The number of hydrogen-bond donors (Lipinski definition) is 1. The van der Waals surface area contributed by atoms with E-state index in [2.05, 4.69) is 16.3 Å². The van der Waals surface area contributed by atoms with Crippen LogP contribution in [0.3, 0.4) is 0 Å². The van der Waals surface area contributed by atoms with E-state index in [0.717, 1.165) is 24.4 Å². The van der Waals surface area contributed by atoms with E-state index in [1.165, 1.54) is 19.3 Å². The Kier molecular flexibility index (Phi) is 6.52. The highest BCUT2D eigenvalue weighted by Gasteiger charge is 2.23. The molecule has 0 spiro atoms. The quantitative estimate of drug-likeness (QED) is 0.878. The molecule has 1 amide bonds. The number of methoxy groups -OCH3 is 1. The van der Waals surface area contributed by atoms with Crippen molar-refractivity contribution in [2.24, 2.45) is 0 Å². The molecule has 22 heavy (non-hydrogen) atoms. The van der Waals surface area contributed by atoms with Gasteiger partial charge in [-0.2, -0.15) is 0 Å². The standard InChI is InChI=1S/C17H26N2O3/c1-3-22-17(20)18-13-16(19-10-5-4-6-11-19)14-8-7-9-15(12-14)21-2/h7-9,12,16H,3-6,10-11,13H2,1-2H3,(H,18,20). The Labute approximate surface area is 132 Å². The maximum atomic E-state index is 11.6. The summed E-state index contributed by atoms with van der Waals surface area (Å²) in [7, 11) is 1.67. The van der Waals surface area contributed by atoms with Crippen LogP contribution in [0.25, 0.3) is 0 Å². The molecule has 1 unspecified atom stereocenters. The van der Waals surface area contributed by atoms with Crippen molar-refractivity contribution in [3.63, 3.8) is 0 Å². The van der Waals surface area contributed by atoms with Gasteiger partial charge >= 0.3 is 6.09 Å². The first-order chi connectivity index (χ1) is 10.7. The van der Waals surface area contributed by atoms with Gasteiger partial charge in [-0.3, -0.25) is 4.90 Å². The third-order valence-electron chi connectivity index (χ3n) is 4.03. The third kappa shape index (κ3) is 4.63. The molecule has 1 aliphatic rings. The van der Waals surface area contributed by atoms with Crippen LogP contribution in [0.5, 0.6) is 5.75 Å². The van der Waals surface area contributed by atoms with E-state index in [1.807, 2.05) is 25.1 Å². The van der Waals surface area contributed by atoms with Gasteiger partial charge in [-0.05, 0) is 50.6 Å². The van der Waals surface area contributed by atoms with Gasteiger partial charge in [-0.25, -0.2) is 4.79 Å². The van der Waals surface area contributed by atoms with E-state index in [9.17, 15) is 4.79 Å². The summed E-state index contributed by atoms with van der Waals surface area (Å²) in [4.78, 5) is 14.0. The number of piperidine rings is 1. The lowest BCUT2D eigenvalue weighted by atomic mass is 10.0. The Morgan fingerprint density at radius 2 is 2.09 bits per heavy atom. The van der Waals surface area contributed by atoms with Crippen LogP contribution in [-0.2, 0) is 4.74 Å².